The lowest BCUT2D eigenvalue weighted by Crippen LogP contribution is -2.34. The van der Waals surface area contributed by atoms with Gasteiger partial charge in [0.2, 0.25) is 5.91 Å². The van der Waals surface area contributed by atoms with Crippen LogP contribution in [0.4, 0.5) is 4.39 Å². The Morgan fingerprint density at radius 2 is 2.03 bits per heavy atom. The van der Waals surface area contributed by atoms with Gasteiger partial charge >= 0.3 is 0 Å². The molecule has 0 unspecified atom stereocenters. The van der Waals surface area contributed by atoms with Crippen LogP contribution in [-0.4, -0.2) is 25.3 Å². The van der Waals surface area contributed by atoms with Crippen LogP contribution in [0.25, 0.3) is 5.52 Å². The van der Waals surface area contributed by atoms with Gasteiger partial charge in [-0.15, -0.1) is 0 Å². The highest BCUT2D eigenvalue weighted by molar-refractivity contribution is 6.30. The third-order valence-electron chi connectivity index (χ3n) is 4.58. The van der Waals surface area contributed by atoms with Crippen LogP contribution in [0, 0.1) is 12.7 Å². The van der Waals surface area contributed by atoms with Crippen LogP contribution in [0.3, 0.4) is 0 Å². The van der Waals surface area contributed by atoms with Crippen LogP contribution in [0.2, 0.25) is 5.02 Å². The summed E-state index contributed by atoms with van der Waals surface area (Å²) < 4.78 is 21.8. The SMILES string of the molecule is Cc1cc(Oc2cc(Cl)ccc2CNC(=O)Cn2ncn3nccc3c2=O)ccc1F. The molecule has 2 aromatic heterocycles. The van der Waals surface area contributed by atoms with E-state index in [0.717, 1.165) is 4.68 Å². The predicted octanol–water partition coefficient (Wildman–Crippen LogP) is 3.10. The average Bonchev–Trinajstić information content (AvgIpc) is 3.22. The van der Waals surface area contributed by atoms with Crippen molar-refractivity contribution >= 4 is 23.0 Å². The second-order valence-corrected chi connectivity index (χ2v) is 7.23. The van der Waals surface area contributed by atoms with Gasteiger partial charge in [0, 0.05) is 17.1 Å². The van der Waals surface area contributed by atoms with Gasteiger partial charge in [-0.3, -0.25) is 9.59 Å². The summed E-state index contributed by atoms with van der Waals surface area (Å²) in [5.74, 6) is 0.134. The average molecular weight is 442 g/mol. The van der Waals surface area contributed by atoms with Gasteiger partial charge in [0.1, 0.15) is 35.7 Å². The number of carbonyl (C=O) groups is 1. The van der Waals surface area contributed by atoms with E-state index in [-0.39, 0.29) is 18.9 Å². The molecule has 8 nitrogen and oxygen atoms in total. The number of hydrogen-bond donors (Lipinski definition) is 1. The van der Waals surface area contributed by atoms with E-state index in [9.17, 15) is 14.0 Å². The Bertz CT molecular complexity index is 1330. The van der Waals surface area contributed by atoms with Crippen LogP contribution in [0.15, 0.2) is 59.8 Å². The summed E-state index contributed by atoms with van der Waals surface area (Å²) in [5, 5.41) is 11.1. The Balaban J connectivity index is 1.47. The molecule has 0 saturated carbocycles. The molecule has 0 bridgehead atoms. The molecule has 0 aliphatic carbocycles. The Morgan fingerprint density at radius 1 is 1.19 bits per heavy atom. The van der Waals surface area contributed by atoms with Crippen molar-refractivity contribution in [2.75, 3.05) is 0 Å². The number of aryl methyl sites for hydroxylation is 1. The van der Waals surface area contributed by atoms with Crippen LogP contribution < -0.4 is 15.6 Å². The zero-order valence-corrected chi connectivity index (χ0v) is 17.1. The van der Waals surface area contributed by atoms with Gasteiger partial charge in [0.05, 0.1) is 6.20 Å². The highest BCUT2D eigenvalue weighted by Crippen LogP contribution is 2.29. The predicted molar refractivity (Wildman–Crippen MR) is 112 cm³/mol. The third kappa shape index (κ3) is 4.56. The van der Waals surface area contributed by atoms with E-state index in [0.29, 0.717) is 33.2 Å². The summed E-state index contributed by atoms with van der Waals surface area (Å²) in [4.78, 5) is 24.7. The Labute approximate surface area is 180 Å². The Kier molecular flexibility index (Phi) is 5.68. The first-order valence-corrected chi connectivity index (χ1v) is 9.67. The summed E-state index contributed by atoms with van der Waals surface area (Å²) in [6.07, 6.45) is 2.84. The molecule has 4 aromatic rings. The van der Waals surface area contributed by atoms with Crippen molar-refractivity contribution in [2.24, 2.45) is 0 Å². The van der Waals surface area contributed by atoms with Gasteiger partial charge < -0.3 is 10.1 Å². The van der Waals surface area contributed by atoms with Crippen LogP contribution in [-0.2, 0) is 17.9 Å². The summed E-state index contributed by atoms with van der Waals surface area (Å²) in [6, 6.07) is 11.0. The quantitative estimate of drug-likeness (QED) is 0.496. The van der Waals surface area contributed by atoms with Gasteiger partial charge in [-0.2, -0.15) is 10.2 Å². The van der Waals surface area contributed by atoms with E-state index < -0.39 is 11.5 Å². The summed E-state index contributed by atoms with van der Waals surface area (Å²) in [5.41, 5.74) is 1.01. The number of carbonyl (C=O) groups excluding carboxylic acids is 1. The van der Waals surface area contributed by atoms with Crippen molar-refractivity contribution in [1.82, 2.24) is 24.7 Å². The fraction of sp³-hybridized carbons (Fsp3) is 0.143. The number of hydrogen-bond acceptors (Lipinski definition) is 5. The summed E-state index contributed by atoms with van der Waals surface area (Å²) in [7, 11) is 0. The normalized spacial score (nSPS) is 10.9. The van der Waals surface area contributed by atoms with Crippen LogP contribution in [0.5, 0.6) is 11.5 Å². The maximum atomic E-state index is 13.5. The van der Waals surface area contributed by atoms with Gasteiger partial charge in [0.15, 0.2) is 0 Å². The monoisotopic (exact) mass is 441 g/mol. The second-order valence-electron chi connectivity index (χ2n) is 6.80. The number of halogens is 2. The third-order valence-corrected chi connectivity index (χ3v) is 4.82. The molecule has 0 atom stereocenters. The van der Waals surface area contributed by atoms with Crippen molar-refractivity contribution in [2.45, 2.75) is 20.0 Å². The van der Waals surface area contributed by atoms with E-state index in [1.165, 1.54) is 29.2 Å². The zero-order valence-electron chi connectivity index (χ0n) is 16.4. The first-order valence-electron chi connectivity index (χ1n) is 9.29. The van der Waals surface area contributed by atoms with E-state index >= 15 is 0 Å². The van der Waals surface area contributed by atoms with Gasteiger partial charge in [-0.25, -0.2) is 13.6 Å². The molecule has 0 saturated heterocycles. The van der Waals surface area contributed by atoms with E-state index in [2.05, 4.69) is 15.5 Å². The van der Waals surface area contributed by atoms with Crippen molar-refractivity contribution in [3.63, 3.8) is 0 Å². The zero-order chi connectivity index (χ0) is 22.0. The number of aromatic nitrogens is 4. The molecule has 1 N–H and O–H groups in total. The molecule has 0 spiro atoms. The van der Waals surface area contributed by atoms with E-state index in [4.69, 9.17) is 16.3 Å². The first kappa shape index (κ1) is 20.5. The molecule has 4 rings (SSSR count). The highest BCUT2D eigenvalue weighted by Gasteiger charge is 2.12. The van der Waals surface area contributed by atoms with Crippen molar-refractivity contribution < 1.29 is 13.9 Å². The summed E-state index contributed by atoms with van der Waals surface area (Å²) >= 11 is 6.08. The number of amides is 1. The molecule has 0 aliphatic rings. The minimum absolute atomic E-state index is 0.134. The number of nitrogens with one attached hydrogen (secondary N) is 1. The molecule has 10 heteroatoms. The molecule has 2 heterocycles. The fourth-order valence-electron chi connectivity index (χ4n) is 2.95. The maximum Gasteiger partial charge on any atom is 0.293 e. The molecule has 1 amide bonds. The highest BCUT2D eigenvalue weighted by atomic mass is 35.5. The largest absolute Gasteiger partial charge is 0.457 e. The second kappa shape index (κ2) is 8.57. The number of ether oxygens (including phenoxy) is 1. The van der Waals surface area contributed by atoms with Crippen molar-refractivity contribution in [1.29, 1.82) is 0 Å². The number of benzene rings is 2. The molecule has 0 aliphatic heterocycles. The molecule has 0 fully saturated rings. The lowest BCUT2D eigenvalue weighted by Gasteiger charge is -2.13. The Morgan fingerprint density at radius 3 is 2.84 bits per heavy atom. The van der Waals surface area contributed by atoms with Crippen LogP contribution >= 0.6 is 11.6 Å². The standard InChI is InChI=1S/C21H17ClFN5O3/c1-13-8-16(4-5-17(13)23)31-19-9-15(22)3-2-14(19)10-24-20(29)11-27-21(30)18-6-7-25-28(18)12-26-27/h2-9,12H,10-11H2,1H3,(H,24,29). The van der Waals surface area contributed by atoms with Gasteiger partial charge in [-0.05, 0) is 48.9 Å². The minimum atomic E-state index is -0.419. The van der Waals surface area contributed by atoms with E-state index in [1.54, 1.807) is 37.3 Å². The number of rotatable bonds is 6. The lowest BCUT2D eigenvalue weighted by atomic mass is 10.2. The van der Waals surface area contributed by atoms with Crippen molar-refractivity contribution in [3.8, 4) is 11.5 Å². The Hall–Kier alpha value is -3.72. The molecule has 0 radical (unpaired) electrons. The lowest BCUT2D eigenvalue weighted by molar-refractivity contribution is -0.122. The van der Waals surface area contributed by atoms with Gasteiger partial charge in [-0.1, -0.05) is 17.7 Å². The summed E-state index contributed by atoms with van der Waals surface area (Å²) in [6.45, 7) is 1.52. The molecule has 2 aromatic carbocycles. The maximum absolute atomic E-state index is 13.5. The number of fused-ring (bicyclic) bond motifs is 1. The number of nitrogens with zero attached hydrogens (tertiary/aromatic N) is 4. The first-order chi connectivity index (χ1) is 14.9. The topological polar surface area (TPSA) is 90.5 Å². The van der Waals surface area contributed by atoms with Crippen molar-refractivity contribution in [3.05, 3.63) is 87.3 Å². The smallest absolute Gasteiger partial charge is 0.293 e. The van der Waals surface area contributed by atoms with Crippen LogP contribution in [0.1, 0.15) is 11.1 Å². The fourth-order valence-corrected chi connectivity index (χ4v) is 3.11. The molecule has 31 heavy (non-hydrogen) atoms. The van der Waals surface area contributed by atoms with E-state index in [1.807, 2.05) is 0 Å². The molecular weight excluding hydrogens is 425 g/mol. The molecular formula is C21H17ClFN5O3. The van der Waals surface area contributed by atoms with Gasteiger partial charge in [0.25, 0.3) is 5.56 Å². The molecule has 158 valence electrons. The minimum Gasteiger partial charge on any atom is -0.457 e.